The van der Waals surface area contributed by atoms with Crippen LogP contribution in [-0.2, 0) is 0 Å². The van der Waals surface area contributed by atoms with E-state index in [0.29, 0.717) is 5.25 Å². The van der Waals surface area contributed by atoms with Crippen molar-refractivity contribution < 1.29 is 4.74 Å². The molecular weight excluding hydrogens is 318 g/mol. The van der Waals surface area contributed by atoms with E-state index in [1.54, 1.807) is 7.11 Å². The van der Waals surface area contributed by atoms with Gasteiger partial charge >= 0.3 is 0 Å². The van der Waals surface area contributed by atoms with Crippen LogP contribution >= 0.6 is 11.8 Å². The van der Waals surface area contributed by atoms with Crippen molar-refractivity contribution in [2.24, 2.45) is 4.99 Å². The van der Waals surface area contributed by atoms with Crippen molar-refractivity contribution in [1.29, 1.82) is 0 Å². The minimum Gasteiger partial charge on any atom is -0.496 e. The summed E-state index contributed by atoms with van der Waals surface area (Å²) in [6.07, 6.45) is 1.85. The molecule has 1 aromatic carbocycles. The van der Waals surface area contributed by atoms with E-state index >= 15 is 0 Å². The molecule has 0 saturated carbocycles. The summed E-state index contributed by atoms with van der Waals surface area (Å²) in [6, 6.07) is 12.8. The first-order valence-electron chi connectivity index (χ1n) is 8.24. The van der Waals surface area contributed by atoms with Crippen LogP contribution in [0.3, 0.4) is 0 Å². The monoisotopic (exact) mass is 339 g/mol. The van der Waals surface area contributed by atoms with Crippen molar-refractivity contribution in [3.05, 3.63) is 59.4 Å². The van der Waals surface area contributed by atoms with Crippen molar-refractivity contribution in [3.63, 3.8) is 0 Å². The van der Waals surface area contributed by atoms with E-state index in [0.717, 1.165) is 28.7 Å². The first kappa shape index (κ1) is 15.5. The highest BCUT2D eigenvalue weighted by molar-refractivity contribution is 8.14. The van der Waals surface area contributed by atoms with E-state index < -0.39 is 0 Å². The van der Waals surface area contributed by atoms with Crippen LogP contribution in [0.5, 0.6) is 5.75 Å². The van der Waals surface area contributed by atoms with Crippen LogP contribution in [0.1, 0.15) is 35.8 Å². The number of aromatic nitrogens is 1. The summed E-state index contributed by atoms with van der Waals surface area (Å²) in [6.45, 7) is 5.39. The summed E-state index contributed by atoms with van der Waals surface area (Å²) in [7, 11) is 1.72. The highest BCUT2D eigenvalue weighted by atomic mass is 32.2. The number of hydrogen-bond donors (Lipinski definition) is 0. The van der Waals surface area contributed by atoms with E-state index in [9.17, 15) is 0 Å². The molecule has 0 radical (unpaired) electrons. The lowest BCUT2D eigenvalue weighted by Gasteiger charge is -2.27. The first-order valence-corrected chi connectivity index (χ1v) is 9.12. The Morgan fingerprint density at radius 3 is 2.83 bits per heavy atom. The van der Waals surface area contributed by atoms with Crippen LogP contribution in [0.2, 0.25) is 0 Å². The van der Waals surface area contributed by atoms with Crippen molar-refractivity contribution in [2.45, 2.75) is 31.2 Å². The minimum absolute atomic E-state index is 0.0500. The third kappa shape index (κ3) is 2.57. The lowest BCUT2D eigenvalue weighted by Crippen LogP contribution is -2.28. The van der Waals surface area contributed by atoms with Crippen molar-refractivity contribution >= 4 is 16.9 Å². The van der Waals surface area contributed by atoms with E-state index in [4.69, 9.17) is 9.73 Å². The van der Waals surface area contributed by atoms with Crippen LogP contribution in [0.4, 0.5) is 0 Å². The molecule has 24 heavy (non-hydrogen) atoms. The normalized spacial score (nSPS) is 25.5. The molecule has 0 spiro atoms. The number of aryl methyl sites for hydroxylation is 1. The zero-order valence-electron chi connectivity index (χ0n) is 14.1. The molecule has 0 bridgehead atoms. The highest BCUT2D eigenvalue weighted by Crippen LogP contribution is 2.47. The maximum atomic E-state index is 5.42. The summed E-state index contributed by atoms with van der Waals surface area (Å²) in [5.74, 6) is 0.927. The number of thioether (sulfide) groups is 1. The molecular formula is C19H21N3OS. The zero-order chi connectivity index (χ0) is 16.7. The van der Waals surface area contributed by atoms with Crippen molar-refractivity contribution in [1.82, 2.24) is 9.88 Å². The molecule has 2 aromatic rings. The molecule has 1 aromatic heterocycles. The molecule has 5 heteroatoms. The van der Waals surface area contributed by atoms with Gasteiger partial charge in [-0.1, -0.05) is 36.9 Å². The largest absolute Gasteiger partial charge is 0.496 e. The van der Waals surface area contributed by atoms with Crippen molar-refractivity contribution in [2.75, 3.05) is 13.7 Å². The zero-order valence-corrected chi connectivity index (χ0v) is 15.0. The summed E-state index contributed by atoms with van der Waals surface area (Å²) in [5.41, 5.74) is 3.46. The van der Waals surface area contributed by atoms with Gasteiger partial charge in [-0.3, -0.25) is 9.98 Å². The third-order valence-electron chi connectivity index (χ3n) is 4.64. The molecule has 0 amide bonds. The minimum atomic E-state index is 0.0500. The number of nitrogens with zero attached hydrogens (tertiary/aromatic N) is 3. The Bertz CT molecular complexity index is 777. The number of aliphatic imine (C=N–C) groups is 1. The molecule has 4 rings (SSSR count). The molecule has 2 aliphatic rings. The fraction of sp³-hybridized carbons (Fsp3) is 0.368. The second-order valence-electron chi connectivity index (χ2n) is 6.37. The predicted molar refractivity (Wildman–Crippen MR) is 98.6 cm³/mol. The lowest BCUT2D eigenvalue weighted by molar-refractivity contribution is 0.320. The molecule has 124 valence electrons. The molecule has 0 unspecified atom stereocenters. The van der Waals surface area contributed by atoms with Gasteiger partial charge in [0, 0.05) is 18.0 Å². The Morgan fingerprint density at radius 1 is 1.25 bits per heavy atom. The van der Waals surface area contributed by atoms with Crippen molar-refractivity contribution in [3.8, 4) is 5.75 Å². The Hall–Kier alpha value is -2.01. The molecule has 0 N–H and O–H groups in total. The van der Waals surface area contributed by atoms with E-state index in [-0.39, 0.29) is 12.1 Å². The standard InChI is InChI=1S/C19H21N3OS/c1-12-10-14(7-8-16(12)23-3)18-17(15-6-4-5-9-20-15)21-19-22(18)11-13(2)24-19/h4-10,13,17-18H,11H2,1-3H3/t13-,17-,18+/m0/s1. The molecule has 2 aliphatic heterocycles. The van der Waals surface area contributed by atoms with Crippen LogP contribution in [0, 0.1) is 6.92 Å². The number of ether oxygens (including phenoxy) is 1. The smallest absolute Gasteiger partial charge is 0.160 e. The van der Waals surface area contributed by atoms with Gasteiger partial charge in [-0.25, -0.2) is 0 Å². The van der Waals surface area contributed by atoms with Crippen LogP contribution in [0.15, 0.2) is 47.6 Å². The van der Waals surface area contributed by atoms with Crippen LogP contribution in [0.25, 0.3) is 0 Å². The molecule has 0 aliphatic carbocycles. The van der Waals surface area contributed by atoms with Gasteiger partial charge in [0.2, 0.25) is 0 Å². The molecule has 1 fully saturated rings. The molecule has 1 saturated heterocycles. The topological polar surface area (TPSA) is 37.7 Å². The maximum absolute atomic E-state index is 5.42. The number of hydrogen-bond acceptors (Lipinski definition) is 5. The van der Waals surface area contributed by atoms with E-state index in [2.05, 4.69) is 48.0 Å². The fourth-order valence-corrected chi connectivity index (χ4v) is 4.66. The van der Waals surface area contributed by atoms with E-state index in [1.807, 2.05) is 30.1 Å². The van der Waals surface area contributed by atoms with Crippen LogP contribution < -0.4 is 4.74 Å². The number of benzene rings is 1. The Kier molecular flexibility index (Phi) is 3.96. The third-order valence-corrected chi connectivity index (χ3v) is 5.74. The Labute approximate surface area is 147 Å². The number of amidine groups is 1. The summed E-state index contributed by atoms with van der Waals surface area (Å²) in [4.78, 5) is 12.0. The maximum Gasteiger partial charge on any atom is 0.160 e. The quantitative estimate of drug-likeness (QED) is 0.847. The van der Waals surface area contributed by atoms with Gasteiger partial charge in [0.25, 0.3) is 0 Å². The van der Waals surface area contributed by atoms with Gasteiger partial charge < -0.3 is 9.64 Å². The van der Waals surface area contributed by atoms with E-state index in [1.165, 1.54) is 5.56 Å². The average Bonchev–Trinajstić information content (AvgIpc) is 3.11. The van der Waals surface area contributed by atoms with Gasteiger partial charge in [0.05, 0.1) is 18.8 Å². The highest BCUT2D eigenvalue weighted by Gasteiger charge is 2.43. The molecule has 4 nitrogen and oxygen atoms in total. The van der Waals surface area contributed by atoms with Gasteiger partial charge in [-0.05, 0) is 36.2 Å². The van der Waals surface area contributed by atoms with Gasteiger partial charge in [-0.15, -0.1) is 0 Å². The van der Waals surface area contributed by atoms with Gasteiger partial charge in [-0.2, -0.15) is 0 Å². The van der Waals surface area contributed by atoms with Crippen LogP contribution in [-0.4, -0.2) is 34.0 Å². The number of methoxy groups -OCH3 is 1. The number of pyridine rings is 1. The van der Waals surface area contributed by atoms with Gasteiger partial charge in [0.15, 0.2) is 5.17 Å². The second kappa shape index (κ2) is 6.13. The average molecular weight is 339 g/mol. The fourth-order valence-electron chi connectivity index (χ4n) is 3.56. The molecule has 3 atom stereocenters. The lowest BCUT2D eigenvalue weighted by atomic mass is 9.95. The first-order chi connectivity index (χ1) is 11.7. The summed E-state index contributed by atoms with van der Waals surface area (Å²) < 4.78 is 5.42. The summed E-state index contributed by atoms with van der Waals surface area (Å²) >= 11 is 1.87. The SMILES string of the molecule is COc1ccc([C@@H]2[C@H](c3ccccn3)N=C3S[C@@H](C)CN32)cc1C. The Morgan fingerprint density at radius 2 is 2.12 bits per heavy atom. The predicted octanol–water partition coefficient (Wildman–Crippen LogP) is 3.99. The second-order valence-corrected chi connectivity index (χ2v) is 7.77. The molecule has 3 heterocycles. The number of rotatable bonds is 3. The number of fused-ring (bicyclic) bond motifs is 1. The Balaban J connectivity index is 1.77. The van der Waals surface area contributed by atoms with Gasteiger partial charge in [0.1, 0.15) is 11.8 Å². The summed E-state index contributed by atoms with van der Waals surface area (Å²) in [5, 5.41) is 1.73.